The molecule has 7 heteroatoms. The molecule has 0 aliphatic carbocycles. The number of morpholine rings is 1. The molecule has 1 atom stereocenters. The first-order chi connectivity index (χ1) is 9.69. The van der Waals surface area contributed by atoms with Crippen molar-refractivity contribution in [3.8, 4) is 5.75 Å². The normalized spacial score (nSPS) is 18.6. The zero-order valence-corrected chi connectivity index (χ0v) is 11.4. The highest BCUT2D eigenvalue weighted by Gasteiger charge is 2.15. The molecule has 1 saturated heterocycles. The Hall–Kier alpha value is -1.86. The van der Waals surface area contributed by atoms with Crippen LogP contribution in [0.2, 0.25) is 0 Å². The minimum Gasteiger partial charge on any atom is -0.494 e. The van der Waals surface area contributed by atoms with Gasteiger partial charge in [0.1, 0.15) is 5.75 Å². The van der Waals surface area contributed by atoms with Gasteiger partial charge in [0.05, 0.1) is 30.3 Å². The lowest BCUT2D eigenvalue weighted by Crippen LogP contribution is -2.42. The Labute approximate surface area is 117 Å². The molecule has 20 heavy (non-hydrogen) atoms. The largest absolute Gasteiger partial charge is 0.494 e. The van der Waals surface area contributed by atoms with Crippen LogP contribution in [0.3, 0.4) is 0 Å². The van der Waals surface area contributed by atoms with Crippen LogP contribution in [-0.2, 0) is 4.74 Å². The molecule has 7 nitrogen and oxygen atoms in total. The second kappa shape index (κ2) is 7.06. The van der Waals surface area contributed by atoms with Crippen molar-refractivity contribution in [2.75, 3.05) is 38.2 Å². The van der Waals surface area contributed by atoms with E-state index < -0.39 is 4.92 Å². The van der Waals surface area contributed by atoms with E-state index in [9.17, 15) is 10.1 Å². The van der Waals surface area contributed by atoms with Crippen LogP contribution < -0.4 is 15.4 Å². The van der Waals surface area contributed by atoms with Crippen LogP contribution in [-0.4, -0.2) is 43.9 Å². The topological polar surface area (TPSA) is 85.7 Å². The molecule has 0 amide bonds. The van der Waals surface area contributed by atoms with Gasteiger partial charge in [-0.25, -0.2) is 0 Å². The summed E-state index contributed by atoms with van der Waals surface area (Å²) in [7, 11) is 0. The summed E-state index contributed by atoms with van der Waals surface area (Å²) < 4.78 is 10.9. The number of anilines is 1. The number of ether oxygens (including phenoxy) is 2. The zero-order valence-electron chi connectivity index (χ0n) is 11.4. The molecule has 2 rings (SSSR count). The van der Waals surface area contributed by atoms with Gasteiger partial charge in [0, 0.05) is 37.5 Å². The number of nitrogens with zero attached hydrogens (tertiary/aromatic N) is 1. The van der Waals surface area contributed by atoms with Crippen LogP contribution in [0.15, 0.2) is 18.2 Å². The first-order valence-electron chi connectivity index (χ1n) is 6.67. The van der Waals surface area contributed by atoms with Crippen molar-refractivity contribution in [3.63, 3.8) is 0 Å². The number of non-ortho nitro benzene ring substituents is 1. The molecule has 0 saturated carbocycles. The van der Waals surface area contributed by atoms with Crippen molar-refractivity contribution >= 4 is 11.4 Å². The molecule has 1 aliphatic heterocycles. The zero-order chi connectivity index (χ0) is 14.4. The first-order valence-corrected chi connectivity index (χ1v) is 6.67. The number of nitro groups is 1. The minimum atomic E-state index is -0.424. The maximum atomic E-state index is 10.9. The van der Waals surface area contributed by atoms with Gasteiger partial charge in [0.2, 0.25) is 0 Å². The Bertz CT molecular complexity index is 461. The van der Waals surface area contributed by atoms with Crippen LogP contribution in [0.1, 0.15) is 6.92 Å². The first kappa shape index (κ1) is 14.5. The highest BCUT2D eigenvalue weighted by molar-refractivity contribution is 5.56. The van der Waals surface area contributed by atoms with E-state index in [2.05, 4.69) is 10.6 Å². The number of hydrogen-bond acceptors (Lipinski definition) is 6. The van der Waals surface area contributed by atoms with E-state index in [-0.39, 0.29) is 11.8 Å². The number of hydrogen-bond donors (Lipinski definition) is 2. The average molecular weight is 281 g/mol. The molecule has 0 radical (unpaired) electrons. The van der Waals surface area contributed by atoms with Gasteiger partial charge < -0.3 is 20.1 Å². The fourth-order valence-electron chi connectivity index (χ4n) is 2.02. The van der Waals surface area contributed by atoms with Gasteiger partial charge in [0.25, 0.3) is 5.69 Å². The summed E-state index contributed by atoms with van der Waals surface area (Å²) in [6.07, 6.45) is 0.0681. The molecule has 0 spiro atoms. The van der Waals surface area contributed by atoms with Crippen LogP contribution in [0.4, 0.5) is 11.4 Å². The Kier molecular flexibility index (Phi) is 5.14. The highest BCUT2D eigenvalue weighted by atomic mass is 16.6. The van der Waals surface area contributed by atoms with E-state index in [1.165, 1.54) is 12.1 Å². The summed E-state index contributed by atoms with van der Waals surface area (Å²) in [5.74, 6) is 0.492. The van der Waals surface area contributed by atoms with E-state index >= 15 is 0 Å². The Morgan fingerprint density at radius 3 is 3.05 bits per heavy atom. The number of nitro benzene ring substituents is 1. The third kappa shape index (κ3) is 4.07. The van der Waals surface area contributed by atoms with Crippen molar-refractivity contribution in [1.82, 2.24) is 5.32 Å². The van der Waals surface area contributed by atoms with Gasteiger partial charge in [-0.1, -0.05) is 0 Å². The maximum absolute atomic E-state index is 10.9. The van der Waals surface area contributed by atoms with Gasteiger partial charge in [-0.05, 0) is 6.92 Å². The lowest BCUT2D eigenvalue weighted by atomic mass is 10.2. The van der Waals surface area contributed by atoms with Gasteiger partial charge in [-0.2, -0.15) is 0 Å². The molecular weight excluding hydrogens is 262 g/mol. The highest BCUT2D eigenvalue weighted by Crippen LogP contribution is 2.26. The Morgan fingerprint density at radius 1 is 1.55 bits per heavy atom. The number of rotatable bonds is 6. The molecule has 1 aromatic rings. The molecule has 0 aromatic heterocycles. The molecule has 0 bridgehead atoms. The number of benzene rings is 1. The molecule has 2 N–H and O–H groups in total. The molecule has 1 heterocycles. The van der Waals surface area contributed by atoms with Crippen LogP contribution >= 0.6 is 0 Å². The van der Waals surface area contributed by atoms with Gasteiger partial charge in [-0.15, -0.1) is 0 Å². The molecule has 1 fully saturated rings. The van der Waals surface area contributed by atoms with Crippen molar-refractivity contribution in [1.29, 1.82) is 0 Å². The van der Waals surface area contributed by atoms with Crippen molar-refractivity contribution < 1.29 is 14.4 Å². The smallest absolute Gasteiger partial charge is 0.275 e. The summed E-state index contributed by atoms with van der Waals surface area (Å²) in [6, 6.07) is 4.68. The quantitative estimate of drug-likeness (QED) is 0.605. The average Bonchev–Trinajstić information content (AvgIpc) is 2.46. The third-order valence-corrected chi connectivity index (χ3v) is 2.95. The molecule has 110 valence electrons. The number of nitrogens with one attached hydrogen (secondary N) is 2. The van der Waals surface area contributed by atoms with Gasteiger partial charge in [0.15, 0.2) is 0 Å². The van der Waals surface area contributed by atoms with Crippen molar-refractivity contribution in [3.05, 3.63) is 28.3 Å². The van der Waals surface area contributed by atoms with Crippen LogP contribution in [0, 0.1) is 10.1 Å². The Morgan fingerprint density at radius 2 is 2.40 bits per heavy atom. The SMILES string of the molecule is CCOc1cc(NCC2CNCCO2)cc([N+](=O)[O-])c1. The summed E-state index contributed by atoms with van der Waals surface area (Å²) >= 11 is 0. The predicted octanol–water partition coefficient (Wildman–Crippen LogP) is 1.39. The fourth-order valence-corrected chi connectivity index (χ4v) is 2.02. The van der Waals surface area contributed by atoms with E-state index in [1.807, 2.05) is 6.92 Å². The van der Waals surface area contributed by atoms with E-state index in [0.717, 1.165) is 13.1 Å². The second-order valence-electron chi connectivity index (χ2n) is 4.48. The van der Waals surface area contributed by atoms with E-state index in [0.29, 0.717) is 31.2 Å². The van der Waals surface area contributed by atoms with Crippen molar-refractivity contribution in [2.24, 2.45) is 0 Å². The second-order valence-corrected chi connectivity index (χ2v) is 4.48. The van der Waals surface area contributed by atoms with E-state index in [1.54, 1.807) is 6.07 Å². The van der Waals surface area contributed by atoms with Gasteiger partial charge in [-0.3, -0.25) is 10.1 Å². The fraction of sp³-hybridized carbons (Fsp3) is 0.538. The molecular formula is C13H19N3O4. The van der Waals surface area contributed by atoms with Gasteiger partial charge >= 0.3 is 0 Å². The summed E-state index contributed by atoms with van der Waals surface area (Å²) in [5.41, 5.74) is 0.679. The van der Waals surface area contributed by atoms with E-state index in [4.69, 9.17) is 9.47 Å². The molecule has 1 unspecified atom stereocenters. The summed E-state index contributed by atoms with van der Waals surface area (Å²) in [4.78, 5) is 10.5. The lowest BCUT2D eigenvalue weighted by Gasteiger charge is -2.24. The lowest BCUT2D eigenvalue weighted by molar-refractivity contribution is -0.384. The third-order valence-electron chi connectivity index (χ3n) is 2.95. The molecule has 1 aliphatic rings. The Balaban J connectivity index is 2.03. The minimum absolute atomic E-state index is 0.0149. The molecule has 1 aromatic carbocycles. The maximum Gasteiger partial charge on any atom is 0.275 e. The van der Waals surface area contributed by atoms with Crippen LogP contribution in [0.25, 0.3) is 0 Å². The standard InChI is InChI=1S/C13H19N3O4/c1-2-19-12-6-10(5-11(7-12)16(17)18)15-9-13-8-14-3-4-20-13/h5-7,13-15H,2-4,8-9H2,1H3. The monoisotopic (exact) mass is 281 g/mol. The van der Waals surface area contributed by atoms with Crippen LogP contribution in [0.5, 0.6) is 5.75 Å². The summed E-state index contributed by atoms with van der Waals surface area (Å²) in [5, 5.41) is 17.3. The van der Waals surface area contributed by atoms with Crippen molar-refractivity contribution in [2.45, 2.75) is 13.0 Å². The predicted molar refractivity (Wildman–Crippen MR) is 75.4 cm³/mol. The summed E-state index contributed by atoms with van der Waals surface area (Å²) in [6.45, 7) is 5.23.